The molecule has 3 aromatic rings. The Morgan fingerprint density at radius 3 is 2.41 bits per heavy atom. The number of carbonyl (C=O) groups excluding carboxylic acids is 1. The van der Waals surface area contributed by atoms with Crippen LogP contribution in [0.4, 0.5) is 0 Å². The summed E-state index contributed by atoms with van der Waals surface area (Å²) in [4.78, 5) is 36.1. The monoisotopic (exact) mass is 410 g/mol. The summed E-state index contributed by atoms with van der Waals surface area (Å²) < 4.78 is 1.18. The van der Waals surface area contributed by atoms with E-state index in [2.05, 4.69) is 10.4 Å². The number of hydrogen-bond donors (Lipinski definition) is 3. The molecule has 0 spiro atoms. The van der Waals surface area contributed by atoms with Gasteiger partial charge in [-0.15, -0.1) is 0 Å². The van der Waals surface area contributed by atoms with Gasteiger partial charge in [-0.1, -0.05) is 23.7 Å². The number of nitrogens with zero attached hydrogens (tertiary/aromatic N) is 2. The molecule has 3 rings (SSSR count). The van der Waals surface area contributed by atoms with Crippen molar-refractivity contribution in [2.45, 2.75) is 12.5 Å². The van der Waals surface area contributed by atoms with Crippen LogP contribution >= 0.6 is 11.6 Å². The number of aromatic nitrogens is 2. The molecule has 9 heteroatoms. The summed E-state index contributed by atoms with van der Waals surface area (Å²) in [6, 6.07) is 14.9. The molecule has 0 aliphatic heterocycles. The Labute approximate surface area is 170 Å². The number of halogens is 1. The largest absolute Gasteiger partial charge is 0.481 e. The number of rotatable bonds is 6. The van der Waals surface area contributed by atoms with E-state index in [9.17, 15) is 19.5 Å². The Morgan fingerprint density at radius 1 is 1.17 bits per heavy atom. The third kappa shape index (κ3) is 4.72. The standard InChI is InChI=1S/C20H15ClN4O4/c21-14-5-7-15(8-6-14)25-18(26)9-17(24-25)20(29)23-16(10-19(27)28)13-3-1-12(11-22)2-4-13/h1-9,16,24H,10H2,(H,23,29)(H,27,28)/t16-/m0/s1. The topological polar surface area (TPSA) is 128 Å². The molecule has 0 bridgehead atoms. The molecule has 1 aromatic heterocycles. The van der Waals surface area contributed by atoms with Crippen LogP contribution in [0.3, 0.4) is 0 Å². The number of aliphatic carboxylic acids is 1. The van der Waals surface area contributed by atoms with E-state index in [1.807, 2.05) is 6.07 Å². The number of hydrogen-bond acceptors (Lipinski definition) is 4. The van der Waals surface area contributed by atoms with Crippen LogP contribution in [-0.2, 0) is 4.79 Å². The van der Waals surface area contributed by atoms with Gasteiger partial charge in [-0.25, -0.2) is 4.68 Å². The van der Waals surface area contributed by atoms with Crippen molar-refractivity contribution < 1.29 is 14.7 Å². The van der Waals surface area contributed by atoms with Crippen LogP contribution in [0, 0.1) is 11.3 Å². The molecule has 2 aromatic carbocycles. The fourth-order valence-electron chi connectivity index (χ4n) is 2.75. The maximum atomic E-state index is 12.6. The molecule has 1 atom stereocenters. The van der Waals surface area contributed by atoms with Crippen LogP contribution in [0.5, 0.6) is 0 Å². The minimum atomic E-state index is -1.10. The minimum Gasteiger partial charge on any atom is -0.481 e. The van der Waals surface area contributed by atoms with Gasteiger partial charge in [-0.2, -0.15) is 5.26 Å². The maximum Gasteiger partial charge on any atom is 0.305 e. The van der Waals surface area contributed by atoms with Crippen LogP contribution in [0.2, 0.25) is 5.02 Å². The van der Waals surface area contributed by atoms with E-state index in [1.54, 1.807) is 36.4 Å². The van der Waals surface area contributed by atoms with Crippen molar-refractivity contribution in [3.05, 3.63) is 86.8 Å². The van der Waals surface area contributed by atoms with E-state index >= 15 is 0 Å². The number of H-pyrrole nitrogens is 1. The van der Waals surface area contributed by atoms with Crippen molar-refractivity contribution >= 4 is 23.5 Å². The summed E-state index contributed by atoms with van der Waals surface area (Å²) >= 11 is 5.84. The van der Waals surface area contributed by atoms with Crippen molar-refractivity contribution in [2.24, 2.45) is 0 Å². The maximum absolute atomic E-state index is 12.6. The SMILES string of the molecule is N#Cc1ccc([C@H](CC(=O)O)NC(=O)c2cc(=O)n(-c3ccc(Cl)cc3)[nH]2)cc1. The molecule has 1 amide bonds. The number of carbonyl (C=O) groups is 2. The molecule has 0 unspecified atom stereocenters. The van der Waals surface area contributed by atoms with Gasteiger partial charge in [0.25, 0.3) is 11.5 Å². The first-order valence-corrected chi connectivity index (χ1v) is 8.86. The average molecular weight is 411 g/mol. The highest BCUT2D eigenvalue weighted by molar-refractivity contribution is 6.30. The molecule has 0 saturated heterocycles. The van der Waals surface area contributed by atoms with E-state index < -0.39 is 23.5 Å². The van der Waals surface area contributed by atoms with Crippen LogP contribution in [0.1, 0.15) is 34.1 Å². The molecular formula is C20H15ClN4O4. The molecule has 8 nitrogen and oxygen atoms in total. The lowest BCUT2D eigenvalue weighted by Crippen LogP contribution is -2.30. The first-order valence-electron chi connectivity index (χ1n) is 8.48. The second kappa shape index (κ2) is 8.46. The number of carboxylic acids is 1. The number of aromatic amines is 1. The van der Waals surface area contributed by atoms with Crippen molar-refractivity contribution in [3.8, 4) is 11.8 Å². The van der Waals surface area contributed by atoms with Crippen molar-refractivity contribution in [2.75, 3.05) is 0 Å². The lowest BCUT2D eigenvalue weighted by molar-refractivity contribution is -0.137. The zero-order chi connectivity index (χ0) is 21.0. The summed E-state index contributed by atoms with van der Waals surface area (Å²) in [5, 5.41) is 23.9. The highest BCUT2D eigenvalue weighted by Crippen LogP contribution is 2.18. The van der Waals surface area contributed by atoms with Gasteiger partial charge in [-0.05, 0) is 42.0 Å². The summed E-state index contributed by atoms with van der Waals surface area (Å²) in [5.74, 6) is -1.74. The van der Waals surface area contributed by atoms with E-state index in [4.69, 9.17) is 16.9 Å². The highest BCUT2D eigenvalue weighted by Gasteiger charge is 2.21. The molecule has 0 radical (unpaired) electrons. The predicted octanol–water partition coefficient (Wildman–Crippen LogP) is 2.64. The lowest BCUT2D eigenvalue weighted by atomic mass is 10.0. The zero-order valence-corrected chi connectivity index (χ0v) is 15.7. The Balaban J connectivity index is 1.85. The zero-order valence-electron chi connectivity index (χ0n) is 14.9. The fourth-order valence-corrected chi connectivity index (χ4v) is 2.87. The first kappa shape index (κ1) is 19.9. The molecule has 1 heterocycles. The normalized spacial score (nSPS) is 11.4. The molecule has 0 aliphatic rings. The summed E-state index contributed by atoms with van der Waals surface area (Å²) in [5.41, 5.74) is 0.963. The van der Waals surface area contributed by atoms with Crippen LogP contribution in [0.15, 0.2) is 59.4 Å². The minimum absolute atomic E-state index is 0.0195. The first-order chi connectivity index (χ1) is 13.9. The molecule has 0 aliphatic carbocycles. The third-order valence-electron chi connectivity index (χ3n) is 4.18. The van der Waals surface area contributed by atoms with Crippen molar-refractivity contribution in [1.29, 1.82) is 5.26 Å². The fraction of sp³-hybridized carbons (Fsp3) is 0.100. The highest BCUT2D eigenvalue weighted by atomic mass is 35.5. The molecule has 0 fully saturated rings. The quantitative estimate of drug-likeness (QED) is 0.575. The van der Waals surface area contributed by atoms with Gasteiger partial charge >= 0.3 is 5.97 Å². The molecular weight excluding hydrogens is 396 g/mol. The average Bonchev–Trinajstić information content (AvgIpc) is 3.09. The van der Waals surface area contributed by atoms with Crippen LogP contribution < -0.4 is 10.9 Å². The Hall–Kier alpha value is -3.83. The number of nitrogens with one attached hydrogen (secondary N) is 2. The summed E-state index contributed by atoms with van der Waals surface area (Å²) in [6.07, 6.45) is -0.361. The van der Waals surface area contributed by atoms with Gasteiger partial charge in [0.05, 0.1) is 29.8 Å². The predicted molar refractivity (Wildman–Crippen MR) is 105 cm³/mol. The van der Waals surface area contributed by atoms with E-state index in [0.717, 1.165) is 6.07 Å². The third-order valence-corrected chi connectivity index (χ3v) is 4.43. The van der Waals surface area contributed by atoms with Gasteiger partial charge in [0.15, 0.2) is 0 Å². The Bertz CT molecular complexity index is 1140. The molecule has 0 saturated carbocycles. The lowest BCUT2D eigenvalue weighted by Gasteiger charge is -2.17. The number of carboxylic acid groups (broad SMARTS) is 1. The summed E-state index contributed by atoms with van der Waals surface area (Å²) in [7, 11) is 0. The van der Waals surface area contributed by atoms with Gasteiger partial charge in [-0.3, -0.25) is 19.5 Å². The van der Waals surface area contributed by atoms with Crippen molar-refractivity contribution in [3.63, 3.8) is 0 Å². The second-order valence-electron chi connectivity index (χ2n) is 6.18. The number of benzene rings is 2. The number of nitriles is 1. The Morgan fingerprint density at radius 2 is 1.83 bits per heavy atom. The second-order valence-corrected chi connectivity index (χ2v) is 6.61. The molecule has 29 heavy (non-hydrogen) atoms. The molecule has 3 N–H and O–H groups in total. The van der Waals surface area contributed by atoms with Gasteiger partial charge in [0, 0.05) is 11.1 Å². The van der Waals surface area contributed by atoms with Crippen molar-refractivity contribution in [1.82, 2.24) is 15.1 Å². The van der Waals surface area contributed by atoms with Crippen LogP contribution in [0.25, 0.3) is 5.69 Å². The molecule has 146 valence electrons. The van der Waals surface area contributed by atoms with E-state index in [-0.39, 0.29) is 12.1 Å². The van der Waals surface area contributed by atoms with Gasteiger partial charge < -0.3 is 10.4 Å². The smallest absolute Gasteiger partial charge is 0.305 e. The van der Waals surface area contributed by atoms with Crippen LogP contribution in [-0.4, -0.2) is 26.8 Å². The van der Waals surface area contributed by atoms with Gasteiger partial charge in [0.1, 0.15) is 5.69 Å². The number of amides is 1. The van der Waals surface area contributed by atoms with E-state index in [0.29, 0.717) is 21.8 Å². The van der Waals surface area contributed by atoms with E-state index in [1.165, 1.54) is 16.8 Å². The van der Waals surface area contributed by atoms with Gasteiger partial charge in [0.2, 0.25) is 0 Å². The summed E-state index contributed by atoms with van der Waals surface area (Å²) in [6.45, 7) is 0. The Kier molecular flexibility index (Phi) is 5.81.